The van der Waals surface area contributed by atoms with Crippen LogP contribution >= 0.6 is 0 Å². The number of carbonyl (C=O) groups excluding carboxylic acids is 1. The van der Waals surface area contributed by atoms with E-state index in [0.29, 0.717) is 11.3 Å². The maximum absolute atomic E-state index is 13.0. The van der Waals surface area contributed by atoms with Gasteiger partial charge < -0.3 is 4.74 Å². The van der Waals surface area contributed by atoms with Gasteiger partial charge in [-0.15, -0.1) is 0 Å². The van der Waals surface area contributed by atoms with Gasteiger partial charge in [0.25, 0.3) is 5.91 Å². The standard InChI is InChI=1S/C17H17FN2O2/c1-12-6-7-16(13(2)8-12)22-11-17(21)20-19-10-14-4-3-5-15(18)9-14/h3-10H,11H2,1-2H3,(H,20,21). The van der Waals surface area contributed by atoms with Crippen molar-refractivity contribution >= 4 is 12.1 Å². The van der Waals surface area contributed by atoms with E-state index in [0.717, 1.165) is 11.1 Å². The molecule has 2 aromatic rings. The van der Waals surface area contributed by atoms with Crippen LogP contribution in [0.2, 0.25) is 0 Å². The second-order valence-electron chi connectivity index (χ2n) is 4.91. The summed E-state index contributed by atoms with van der Waals surface area (Å²) in [5, 5.41) is 3.76. The van der Waals surface area contributed by atoms with Gasteiger partial charge in [0.2, 0.25) is 0 Å². The van der Waals surface area contributed by atoms with Crippen molar-refractivity contribution in [3.8, 4) is 5.75 Å². The van der Waals surface area contributed by atoms with Gasteiger partial charge in [-0.3, -0.25) is 4.79 Å². The molecule has 0 saturated heterocycles. The van der Waals surface area contributed by atoms with E-state index >= 15 is 0 Å². The molecule has 0 heterocycles. The first-order valence-corrected chi connectivity index (χ1v) is 6.82. The zero-order valence-corrected chi connectivity index (χ0v) is 12.5. The predicted octanol–water partition coefficient (Wildman–Crippen LogP) is 2.97. The number of hydrazone groups is 1. The zero-order chi connectivity index (χ0) is 15.9. The average molecular weight is 300 g/mol. The van der Waals surface area contributed by atoms with E-state index in [9.17, 15) is 9.18 Å². The fourth-order valence-corrected chi connectivity index (χ4v) is 1.90. The van der Waals surface area contributed by atoms with Gasteiger partial charge in [0.15, 0.2) is 6.61 Å². The highest BCUT2D eigenvalue weighted by Gasteiger charge is 2.04. The van der Waals surface area contributed by atoms with Crippen molar-refractivity contribution in [2.75, 3.05) is 6.61 Å². The van der Waals surface area contributed by atoms with Gasteiger partial charge in [-0.1, -0.05) is 29.8 Å². The molecule has 1 N–H and O–H groups in total. The topological polar surface area (TPSA) is 50.7 Å². The number of carbonyl (C=O) groups is 1. The van der Waals surface area contributed by atoms with E-state index in [4.69, 9.17) is 4.74 Å². The molecule has 0 aromatic heterocycles. The molecule has 1 amide bonds. The van der Waals surface area contributed by atoms with E-state index in [-0.39, 0.29) is 18.3 Å². The third-order valence-electron chi connectivity index (χ3n) is 2.94. The molecule has 2 aromatic carbocycles. The molecule has 0 spiro atoms. The first-order valence-electron chi connectivity index (χ1n) is 6.82. The van der Waals surface area contributed by atoms with Crippen molar-refractivity contribution in [2.24, 2.45) is 5.10 Å². The smallest absolute Gasteiger partial charge is 0.277 e. The fraction of sp³-hybridized carbons (Fsp3) is 0.176. The van der Waals surface area contributed by atoms with E-state index in [1.807, 2.05) is 32.0 Å². The normalized spacial score (nSPS) is 10.7. The van der Waals surface area contributed by atoms with Crippen LogP contribution in [0.5, 0.6) is 5.75 Å². The lowest BCUT2D eigenvalue weighted by molar-refractivity contribution is -0.123. The second kappa shape index (κ2) is 7.36. The highest BCUT2D eigenvalue weighted by Crippen LogP contribution is 2.18. The Morgan fingerprint density at radius 2 is 2.09 bits per heavy atom. The van der Waals surface area contributed by atoms with Crippen LogP contribution < -0.4 is 10.2 Å². The lowest BCUT2D eigenvalue weighted by Gasteiger charge is -2.08. The minimum Gasteiger partial charge on any atom is -0.483 e. The quantitative estimate of drug-likeness (QED) is 0.682. The van der Waals surface area contributed by atoms with E-state index in [1.54, 1.807) is 12.1 Å². The Bertz CT molecular complexity index is 699. The Morgan fingerprint density at radius 3 is 2.82 bits per heavy atom. The van der Waals surface area contributed by atoms with Gasteiger partial charge in [0.05, 0.1) is 6.21 Å². The second-order valence-corrected chi connectivity index (χ2v) is 4.91. The number of ether oxygens (including phenoxy) is 1. The van der Waals surface area contributed by atoms with E-state index in [2.05, 4.69) is 10.5 Å². The van der Waals surface area contributed by atoms with Crippen molar-refractivity contribution in [3.63, 3.8) is 0 Å². The number of aryl methyl sites for hydroxylation is 2. The molecule has 0 fully saturated rings. The van der Waals surface area contributed by atoms with Crippen LogP contribution in [0.1, 0.15) is 16.7 Å². The summed E-state index contributed by atoms with van der Waals surface area (Å²) in [6, 6.07) is 11.6. The Morgan fingerprint density at radius 1 is 1.27 bits per heavy atom. The first-order chi connectivity index (χ1) is 10.5. The van der Waals surface area contributed by atoms with Crippen LogP contribution in [-0.4, -0.2) is 18.7 Å². The molecule has 22 heavy (non-hydrogen) atoms. The van der Waals surface area contributed by atoms with Crippen LogP contribution in [0.15, 0.2) is 47.6 Å². The molecule has 0 radical (unpaired) electrons. The third-order valence-corrected chi connectivity index (χ3v) is 2.94. The number of halogens is 1. The fourth-order valence-electron chi connectivity index (χ4n) is 1.90. The molecule has 0 aliphatic carbocycles. The SMILES string of the molecule is Cc1ccc(OCC(=O)NN=Cc2cccc(F)c2)c(C)c1. The summed E-state index contributed by atoms with van der Waals surface area (Å²) in [6.07, 6.45) is 1.37. The van der Waals surface area contributed by atoms with Gasteiger partial charge in [-0.05, 0) is 43.2 Å². The molecule has 0 atom stereocenters. The number of nitrogens with one attached hydrogen (secondary N) is 1. The van der Waals surface area contributed by atoms with Crippen LogP contribution in [-0.2, 0) is 4.79 Å². The van der Waals surface area contributed by atoms with Crippen molar-refractivity contribution in [1.82, 2.24) is 5.43 Å². The molecule has 0 aliphatic rings. The van der Waals surface area contributed by atoms with Crippen molar-refractivity contribution in [1.29, 1.82) is 0 Å². The molecule has 0 aliphatic heterocycles. The number of nitrogens with zero attached hydrogens (tertiary/aromatic N) is 1. The van der Waals surface area contributed by atoms with E-state index < -0.39 is 0 Å². The maximum Gasteiger partial charge on any atom is 0.277 e. The number of hydrogen-bond acceptors (Lipinski definition) is 3. The maximum atomic E-state index is 13.0. The Kier molecular flexibility index (Phi) is 5.25. The van der Waals surface area contributed by atoms with Gasteiger partial charge >= 0.3 is 0 Å². The summed E-state index contributed by atoms with van der Waals surface area (Å²) >= 11 is 0. The molecule has 114 valence electrons. The molecule has 2 rings (SSSR count). The predicted molar refractivity (Wildman–Crippen MR) is 83.5 cm³/mol. The summed E-state index contributed by atoms with van der Waals surface area (Å²) in [6.45, 7) is 3.78. The summed E-state index contributed by atoms with van der Waals surface area (Å²) in [5.74, 6) is -0.0732. The van der Waals surface area contributed by atoms with Gasteiger partial charge in [-0.25, -0.2) is 9.82 Å². The molecule has 0 saturated carbocycles. The number of rotatable bonds is 5. The summed E-state index contributed by atoms with van der Waals surface area (Å²) < 4.78 is 18.4. The monoisotopic (exact) mass is 300 g/mol. The van der Waals surface area contributed by atoms with Gasteiger partial charge in [-0.2, -0.15) is 5.10 Å². The number of hydrogen-bond donors (Lipinski definition) is 1. The minimum absolute atomic E-state index is 0.135. The van der Waals surface area contributed by atoms with Gasteiger partial charge in [0, 0.05) is 0 Å². The molecule has 0 unspecified atom stereocenters. The molecule has 0 bridgehead atoms. The minimum atomic E-state index is -0.382. The largest absolute Gasteiger partial charge is 0.483 e. The Balaban J connectivity index is 1.83. The molecular weight excluding hydrogens is 283 g/mol. The molecule has 5 heteroatoms. The first kappa shape index (κ1) is 15.7. The summed E-state index contributed by atoms with van der Waals surface area (Å²) in [5.41, 5.74) is 5.00. The lowest BCUT2D eigenvalue weighted by atomic mass is 10.1. The van der Waals surface area contributed by atoms with Crippen molar-refractivity contribution in [2.45, 2.75) is 13.8 Å². The van der Waals surface area contributed by atoms with Crippen molar-refractivity contribution < 1.29 is 13.9 Å². The Hall–Kier alpha value is -2.69. The molecular formula is C17H17FN2O2. The third kappa shape index (κ3) is 4.70. The lowest BCUT2D eigenvalue weighted by Crippen LogP contribution is -2.24. The highest BCUT2D eigenvalue weighted by molar-refractivity contribution is 5.82. The van der Waals surface area contributed by atoms with Crippen LogP contribution in [0.25, 0.3) is 0 Å². The number of amides is 1. The average Bonchev–Trinajstić information content (AvgIpc) is 2.46. The summed E-state index contributed by atoms with van der Waals surface area (Å²) in [7, 11) is 0. The summed E-state index contributed by atoms with van der Waals surface area (Å²) in [4.78, 5) is 11.6. The highest BCUT2D eigenvalue weighted by atomic mass is 19.1. The van der Waals surface area contributed by atoms with E-state index in [1.165, 1.54) is 18.3 Å². The Labute approximate surface area is 128 Å². The van der Waals surface area contributed by atoms with Crippen molar-refractivity contribution in [3.05, 3.63) is 65.0 Å². The van der Waals surface area contributed by atoms with Crippen LogP contribution in [0.4, 0.5) is 4.39 Å². The van der Waals surface area contributed by atoms with Crippen LogP contribution in [0, 0.1) is 19.7 Å². The number of benzene rings is 2. The molecule has 4 nitrogen and oxygen atoms in total. The zero-order valence-electron chi connectivity index (χ0n) is 12.5. The van der Waals surface area contributed by atoms with Crippen LogP contribution in [0.3, 0.4) is 0 Å². The van der Waals surface area contributed by atoms with Gasteiger partial charge in [0.1, 0.15) is 11.6 Å².